The van der Waals surface area contributed by atoms with Gasteiger partial charge in [-0.25, -0.2) is 0 Å². The molecule has 0 bridgehead atoms. The van der Waals surface area contributed by atoms with E-state index in [1.807, 2.05) is 24.3 Å². The summed E-state index contributed by atoms with van der Waals surface area (Å²) in [4.78, 5) is 10.5. The Morgan fingerprint density at radius 3 is 2.57 bits per heavy atom. The van der Waals surface area contributed by atoms with Crippen LogP contribution in [-0.4, -0.2) is 19.4 Å². The smallest absolute Gasteiger partial charge is 0.150 e. The molecule has 0 fully saturated rings. The van der Waals surface area contributed by atoms with Gasteiger partial charge in [-0.15, -0.1) is 0 Å². The van der Waals surface area contributed by atoms with Crippen molar-refractivity contribution in [3.05, 3.63) is 41.5 Å². The van der Waals surface area contributed by atoms with E-state index in [-0.39, 0.29) is 0 Å². The van der Waals surface area contributed by atoms with E-state index in [2.05, 4.69) is 11.4 Å². The second kappa shape index (κ2) is 4.20. The van der Waals surface area contributed by atoms with Crippen LogP contribution in [0.3, 0.4) is 0 Å². The van der Waals surface area contributed by atoms with Crippen LogP contribution in [0.2, 0.25) is 0 Å². The first-order valence-corrected chi connectivity index (χ1v) is 4.85. The van der Waals surface area contributed by atoms with Gasteiger partial charge in [0, 0.05) is 12.1 Å². The van der Waals surface area contributed by atoms with Crippen molar-refractivity contribution in [2.45, 2.75) is 6.42 Å². The summed E-state index contributed by atoms with van der Waals surface area (Å²) in [7, 11) is 0. The molecule has 1 aromatic carbocycles. The number of benzene rings is 1. The molecule has 0 unspecified atom stereocenters. The number of nitrogens with one attached hydrogen (secondary N) is 1. The molecule has 1 aliphatic rings. The molecule has 2 heteroatoms. The number of carbonyl (C=O) groups is 1. The van der Waals surface area contributed by atoms with Gasteiger partial charge in [0.05, 0.1) is 0 Å². The molecule has 1 aliphatic heterocycles. The lowest BCUT2D eigenvalue weighted by Crippen LogP contribution is -2.19. The van der Waals surface area contributed by atoms with Crippen LogP contribution in [0, 0.1) is 0 Å². The zero-order chi connectivity index (χ0) is 9.80. The Bertz CT molecular complexity index is 351. The normalized spacial score (nSPS) is 16.1. The van der Waals surface area contributed by atoms with Crippen LogP contribution in [0.4, 0.5) is 0 Å². The van der Waals surface area contributed by atoms with Gasteiger partial charge in [0.2, 0.25) is 0 Å². The molecule has 2 rings (SSSR count). The van der Waals surface area contributed by atoms with E-state index >= 15 is 0 Å². The van der Waals surface area contributed by atoms with E-state index in [4.69, 9.17) is 0 Å². The van der Waals surface area contributed by atoms with Gasteiger partial charge in [-0.3, -0.25) is 4.79 Å². The van der Waals surface area contributed by atoms with Crippen LogP contribution < -0.4 is 5.32 Å². The number of rotatable bonds is 2. The molecular weight excluding hydrogens is 174 g/mol. The van der Waals surface area contributed by atoms with Crippen LogP contribution in [0.25, 0.3) is 5.57 Å². The summed E-state index contributed by atoms with van der Waals surface area (Å²) in [5, 5.41) is 3.27. The fourth-order valence-electron chi connectivity index (χ4n) is 1.66. The highest BCUT2D eigenvalue weighted by molar-refractivity contribution is 5.76. The van der Waals surface area contributed by atoms with Crippen LogP contribution >= 0.6 is 0 Å². The van der Waals surface area contributed by atoms with Crippen molar-refractivity contribution in [1.29, 1.82) is 0 Å². The van der Waals surface area contributed by atoms with E-state index in [1.54, 1.807) is 0 Å². The predicted molar refractivity (Wildman–Crippen MR) is 57.3 cm³/mol. The Morgan fingerprint density at radius 2 is 2.00 bits per heavy atom. The standard InChI is InChI=1S/C12H13NO/c14-9-10-1-3-11(4-2-10)12-5-7-13-8-6-12/h1-5,9,13H,6-8H2. The molecule has 0 radical (unpaired) electrons. The minimum atomic E-state index is 0.739. The fourth-order valence-corrected chi connectivity index (χ4v) is 1.66. The van der Waals surface area contributed by atoms with Crippen LogP contribution in [-0.2, 0) is 0 Å². The number of carbonyl (C=O) groups excluding carboxylic acids is 1. The summed E-state index contributed by atoms with van der Waals surface area (Å²) in [6.07, 6.45) is 4.15. The topological polar surface area (TPSA) is 29.1 Å². The predicted octanol–water partition coefficient (Wildman–Crippen LogP) is 1.88. The maximum atomic E-state index is 10.5. The van der Waals surface area contributed by atoms with Gasteiger partial charge in [-0.2, -0.15) is 0 Å². The quantitative estimate of drug-likeness (QED) is 0.716. The molecular formula is C12H13NO. The van der Waals surface area contributed by atoms with Gasteiger partial charge in [-0.05, 0) is 24.1 Å². The molecule has 0 saturated carbocycles. The number of hydrogen-bond donors (Lipinski definition) is 1. The van der Waals surface area contributed by atoms with Gasteiger partial charge in [0.1, 0.15) is 6.29 Å². The molecule has 0 saturated heterocycles. The van der Waals surface area contributed by atoms with Crippen LogP contribution in [0.15, 0.2) is 30.3 Å². The van der Waals surface area contributed by atoms with Gasteiger partial charge in [0.15, 0.2) is 0 Å². The van der Waals surface area contributed by atoms with Crippen molar-refractivity contribution in [3.8, 4) is 0 Å². The maximum Gasteiger partial charge on any atom is 0.150 e. The van der Waals surface area contributed by atoms with Gasteiger partial charge >= 0.3 is 0 Å². The molecule has 1 N–H and O–H groups in total. The van der Waals surface area contributed by atoms with E-state index < -0.39 is 0 Å². The second-order valence-electron chi connectivity index (χ2n) is 3.42. The lowest BCUT2D eigenvalue weighted by molar-refractivity contribution is 0.112. The first-order valence-electron chi connectivity index (χ1n) is 4.85. The van der Waals surface area contributed by atoms with Gasteiger partial charge < -0.3 is 5.32 Å². The SMILES string of the molecule is O=Cc1ccc(C2=CCNCC2)cc1. The molecule has 1 heterocycles. The third-order valence-electron chi connectivity index (χ3n) is 2.48. The number of hydrogen-bond acceptors (Lipinski definition) is 2. The van der Waals surface area contributed by atoms with Crippen molar-refractivity contribution < 1.29 is 4.79 Å². The summed E-state index contributed by atoms with van der Waals surface area (Å²) in [6.45, 7) is 1.99. The average Bonchev–Trinajstić information content (AvgIpc) is 2.30. The lowest BCUT2D eigenvalue weighted by atomic mass is 9.99. The average molecular weight is 187 g/mol. The minimum Gasteiger partial charge on any atom is -0.313 e. The Hall–Kier alpha value is -1.41. The Kier molecular flexibility index (Phi) is 2.75. The molecule has 0 atom stereocenters. The minimum absolute atomic E-state index is 0.739. The molecule has 0 spiro atoms. The summed E-state index contributed by atoms with van der Waals surface area (Å²) >= 11 is 0. The van der Waals surface area contributed by atoms with Gasteiger partial charge in [0.25, 0.3) is 0 Å². The third-order valence-corrected chi connectivity index (χ3v) is 2.48. The first-order chi connectivity index (χ1) is 6.90. The second-order valence-corrected chi connectivity index (χ2v) is 3.42. The van der Waals surface area contributed by atoms with Crippen LogP contribution in [0.1, 0.15) is 22.3 Å². The van der Waals surface area contributed by atoms with E-state index in [0.29, 0.717) is 0 Å². The molecule has 72 valence electrons. The Morgan fingerprint density at radius 1 is 1.21 bits per heavy atom. The lowest BCUT2D eigenvalue weighted by Gasteiger charge is -2.13. The third kappa shape index (κ3) is 1.91. The molecule has 1 aromatic rings. The van der Waals surface area contributed by atoms with Crippen molar-refractivity contribution in [1.82, 2.24) is 5.32 Å². The van der Waals surface area contributed by atoms with Crippen molar-refractivity contribution in [3.63, 3.8) is 0 Å². The molecule has 0 aliphatic carbocycles. The first kappa shape index (κ1) is 9.16. The monoisotopic (exact) mass is 187 g/mol. The summed E-state index contributed by atoms with van der Waals surface area (Å²) in [6, 6.07) is 7.76. The summed E-state index contributed by atoms with van der Waals surface area (Å²) in [5.41, 5.74) is 3.35. The molecule has 2 nitrogen and oxygen atoms in total. The van der Waals surface area contributed by atoms with Crippen molar-refractivity contribution >= 4 is 11.9 Å². The van der Waals surface area contributed by atoms with E-state index in [9.17, 15) is 4.79 Å². The molecule has 0 aromatic heterocycles. The Balaban J connectivity index is 2.23. The van der Waals surface area contributed by atoms with Crippen molar-refractivity contribution in [2.24, 2.45) is 0 Å². The highest BCUT2D eigenvalue weighted by atomic mass is 16.1. The zero-order valence-corrected chi connectivity index (χ0v) is 7.99. The van der Waals surface area contributed by atoms with Crippen LogP contribution in [0.5, 0.6) is 0 Å². The fraction of sp³-hybridized carbons (Fsp3) is 0.250. The van der Waals surface area contributed by atoms with E-state index in [1.165, 1.54) is 11.1 Å². The highest BCUT2D eigenvalue weighted by Crippen LogP contribution is 2.19. The van der Waals surface area contributed by atoms with Crippen molar-refractivity contribution in [2.75, 3.05) is 13.1 Å². The van der Waals surface area contributed by atoms with Gasteiger partial charge in [-0.1, -0.05) is 30.3 Å². The summed E-state index contributed by atoms with van der Waals surface area (Å²) in [5.74, 6) is 0. The number of aldehydes is 1. The Labute approximate surface area is 83.6 Å². The maximum absolute atomic E-state index is 10.5. The van der Waals surface area contributed by atoms with E-state index in [0.717, 1.165) is 31.4 Å². The summed E-state index contributed by atoms with van der Waals surface area (Å²) < 4.78 is 0. The highest BCUT2D eigenvalue weighted by Gasteiger charge is 2.04. The molecule has 14 heavy (non-hydrogen) atoms. The molecule has 0 amide bonds. The largest absolute Gasteiger partial charge is 0.313 e. The zero-order valence-electron chi connectivity index (χ0n) is 7.99.